The summed E-state index contributed by atoms with van der Waals surface area (Å²) in [5.41, 5.74) is 1.91. The minimum Gasteiger partial charge on any atom is -0.479 e. The standard InChI is InChI=1S/C24H28O7/c1-15-20(29-16(2)22(25)26)21-19(14-28-24(31-21)18-11-7-4-8-12-18)30-23(15)27-13-17-9-5-3-6-10-17/h3-12,15-16,19-21,23-24H,13-14H2,1-2H3,(H,25,26)/t15?,16-,19?,20-,21-,23-,24?/m1/s1. The van der Waals surface area contributed by atoms with E-state index >= 15 is 0 Å². The van der Waals surface area contributed by atoms with E-state index in [0.717, 1.165) is 11.1 Å². The van der Waals surface area contributed by atoms with Gasteiger partial charge in [0.2, 0.25) is 0 Å². The molecule has 0 aliphatic carbocycles. The molecule has 2 fully saturated rings. The average Bonchev–Trinajstić information content (AvgIpc) is 2.80. The van der Waals surface area contributed by atoms with E-state index in [4.69, 9.17) is 23.7 Å². The number of fused-ring (bicyclic) bond motifs is 1. The summed E-state index contributed by atoms with van der Waals surface area (Å²) in [7, 11) is 0. The Kier molecular flexibility index (Phi) is 6.99. The van der Waals surface area contributed by atoms with Gasteiger partial charge in [0.25, 0.3) is 0 Å². The number of rotatable bonds is 7. The van der Waals surface area contributed by atoms with Crippen LogP contribution >= 0.6 is 0 Å². The Morgan fingerprint density at radius 2 is 1.77 bits per heavy atom. The van der Waals surface area contributed by atoms with Gasteiger partial charge < -0.3 is 28.8 Å². The smallest absolute Gasteiger partial charge is 0.332 e. The van der Waals surface area contributed by atoms with Crippen LogP contribution < -0.4 is 0 Å². The van der Waals surface area contributed by atoms with Crippen molar-refractivity contribution in [1.29, 1.82) is 0 Å². The van der Waals surface area contributed by atoms with Crippen LogP contribution in [0, 0.1) is 5.92 Å². The van der Waals surface area contributed by atoms with Gasteiger partial charge in [0.1, 0.15) is 12.2 Å². The molecule has 0 spiro atoms. The highest BCUT2D eigenvalue weighted by molar-refractivity contribution is 5.71. The zero-order valence-corrected chi connectivity index (χ0v) is 17.6. The van der Waals surface area contributed by atoms with Gasteiger partial charge in [0.15, 0.2) is 18.7 Å². The number of carboxylic acid groups (broad SMARTS) is 1. The van der Waals surface area contributed by atoms with Gasteiger partial charge in [-0.1, -0.05) is 67.6 Å². The highest BCUT2D eigenvalue weighted by atomic mass is 16.7. The topological polar surface area (TPSA) is 83.5 Å². The highest BCUT2D eigenvalue weighted by Crippen LogP contribution is 2.38. The predicted octanol–water partition coefficient (Wildman–Crippen LogP) is 3.54. The number of benzene rings is 2. The summed E-state index contributed by atoms with van der Waals surface area (Å²) < 4.78 is 30.3. The highest BCUT2D eigenvalue weighted by Gasteiger charge is 2.50. The molecule has 3 unspecified atom stereocenters. The first kappa shape index (κ1) is 21.9. The Hall–Kier alpha value is -2.29. The summed E-state index contributed by atoms with van der Waals surface area (Å²) >= 11 is 0. The van der Waals surface area contributed by atoms with Crippen molar-refractivity contribution in [2.45, 2.75) is 57.5 Å². The molecule has 2 heterocycles. The zero-order chi connectivity index (χ0) is 21.8. The van der Waals surface area contributed by atoms with Crippen LogP contribution in [0.1, 0.15) is 31.3 Å². The van der Waals surface area contributed by atoms with E-state index in [2.05, 4.69) is 0 Å². The lowest BCUT2D eigenvalue weighted by Gasteiger charge is -2.48. The Bertz CT molecular complexity index is 844. The minimum absolute atomic E-state index is 0.249. The van der Waals surface area contributed by atoms with Crippen molar-refractivity contribution < 1.29 is 33.6 Å². The number of carbonyl (C=O) groups is 1. The van der Waals surface area contributed by atoms with Gasteiger partial charge in [0, 0.05) is 11.5 Å². The van der Waals surface area contributed by atoms with Gasteiger partial charge >= 0.3 is 5.97 Å². The number of ether oxygens (including phenoxy) is 5. The van der Waals surface area contributed by atoms with Crippen molar-refractivity contribution in [3.63, 3.8) is 0 Å². The molecule has 0 radical (unpaired) electrons. The van der Waals surface area contributed by atoms with E-state index < -0.39 is 43.0 Å². The predicted molar refractivity (Wildman–Crippen MR) is 111 cm³/mol. The van der Waals surface area contributed by atoms with E-state index in [1.54, 1.807) is 0 Å². The third kappa shape index (κ3) is 5.14. The molecule has 2 aromatic rings. The van der Waals surface area contributed by atoms with Gasteiger partial charge in [-0.2, -0.15) is 0 Å². The second-order valence-corrected chi connectivity index (χ2v) is 7.96. The van der Waals surface area contributed by atoms with E-state index in [0.29, 0.717) is 13.2 Å². The molecule has 31 heavy (non-hydrogen) atoms. The fraction of sp³-hybridized carbons (Fsp3) is 0.458. The van der Waals surface area contributed by atoms with Gasteiger partial charge in [-0.15, -0.1) is 0 Å². The van der Waals surface area contributed by atoms with E-state index in [-0.39, 0.29) is 5.92 Å². The Balaban J connectivity index is 1.51. The van der Waals surface area contributed by atoms with Gasteiger partial charge in [-0.05, 0) is 12.5 Å². The molecule has 0 aromatic heterocycles. The van der Waals surface area contributed by atoms with E-state index in [1.165, 1.54) is 6.92 Å². The van der Waals surface area contributed by atoms with Crippen molar-refractivity contribution in [3.05, 3.63) is 71.8 Å². The van der Waals surface area contributed by atoms with Gasteiger partial charge in [-0.25, -0.2) is 4.79 Å². The molecule has 166 valence electrons. The van der Waals surface area contributed by atoms with E-state index in [1.807, 2.05) is 67.6 Å². The van der Waals surface area contributed by atoms with Crippen molar-refractivity contribution in [2.24, 2.45) is 5.92 Å². The molecule has 4 rings (SSSR count). The van der Waals surface area contributed by atoms with Crippen molar-refractivity contribution >= 4 is 5.97 Å². The molecular formula is C24H28O7. The summed E-state index contributed by atoms with van der Waals surface area (Å²) in [4.78, 5) is 11.5. The normalized spacial score (nSPS) is 31.5. The molecule has 0 bridgehead atoms. The fourth-order valence-electron chi connectivity index (χ4n) is 3.93. The summed E-state index contributed by atoms with van der Waals surface area (Å²) in [6.45, 7) is 4.13. The molecule has 2 aliphatic rings. The molecule has 0 saturated carbocycles. The quantitative estimate of drug-likeness (QED) is 0.722. The molecule has 2 aliphatic heterocycles. The second-order valence-electron chi connectivity index (χ2n) is 7.96. The maximum Gasteiger partial charge on any atom is 0.332 e. The lowest BCUT2D eigenvalue weighted by Crippen LogP contribution is -2.60. The van der Waals surface area contributed by atoms with Crippen molar-refractivity contribution in [2.75, 3.05) is 6.61 Å². The van der Waals surface area contributed by atoms with Gasteiger partial charge in [0.05, 0.1) is 19.3 Å². The summed E-state index contributed by atoms with van der Waals surface area (Å²) in [6, 6.07) is 19.4. The van der Waals surface area contributed by atoms with Crippen molar-refractivity contribution in [3.8, 4) is 0 Å². The molecular weight excluding hydrogens is 400 g/mol. The molecule has 1 N–H and O–H groups in total. The number of aliphatic carboxylic acids is 1. The van der Waals surface area contributed by atoms with Crippen LogP contribution in [0.15, 0.2) is 60.7 Å². The molecule has 2 aromatic carbocycles. The SMILES string of the molecule is CC1[C@H](OCc2ccccc2)OC2COC(c3ccccc3)O[C@H]2[C@@H]1O[C@H](C)C(=O)O. The summed E-state index contributed by atoms with van der Waals surface area (Å²) in [6.07, 6.45) is -3.56. The largest absolute Gasteiger partial charge is 0.479 e. The first-order chi connectivity index (χ1) is 15.0. The number of carboxylic acids is 1. The van der Waals surface area contributed by atoms with Crippen LogP contribution in [-0.2, 0) is 35.1 Å². The van der Waals surface area contributed by atoms with Crippen LogP contribution in [0.3, 0.4) is 0 Å². The zero-order valence-electron chi connectivity index (χ0n) is 17.6. The van der Waals surface area contributed by atoms with Crippen LogP contribution in [0.2, 0.25) is 0 Å². The third-order valence-electron chi connectivity index (χ3n) is 5.68. The summed E-state index contributed by atoms with van der Waals surface area (Å²) in [5, 5.41) is 9.39. The lowest BCUT2D eigenvalue weighted by atomic mass is 9.91. The second kappa shape index (κ2) is 9.89. The Morgan fingerprint density at radius 1 is 1.10 bits per heavy atom. The Morgan fingerprint density at radius 3 is 2.45 bits per heavy atom. The van der Waals surface area contributed by atoms with Crippen molar-refractivity contribution in [1.82, 2.24) is 0 Å². The Labute approximate surface area is 181 Å². The lowest BCUT2D eigenvalue weighted by molar-refractivity contribution is -0.360. The molecule has 7 atom stereocenters. The van der Waals surface area contributed by atoms with Crippen LogP contribution in [0.4, 0.5) is 0 Å². The van der Waals surface area contributed by atoms with Crippen LogP contribution in [-0.4, -0.2) is 48.4 Å². The minimum atomic E-state index is -1.02. The molecule has 0 amide bonds. The molecule has 7 nitrogen and oxygen atoms in total. The fourth-order valence-corrected chi connectivity index (χ4v) is 3.93. The monoisotopic (exact) mass is 428 g/mol. The maximum atomic E-state index is 11.5. The van der Waals surface area contributed by atoms with E-state index in [9.17, 15) is 9.90 Å². The first-order valence-corrected chi connectivity index (χ1v) is 10.5. The first-order valence-electron chi connectivity index (χ1n) is 10.5. The number of hydrogen-bond acceptors (Lipinski definition) is 6. The summed E-state index contributed by atoms with van der Waals surface area (Å²) in [5.74, 6) is -1.27. The third-order valence-corrected chi connectivity index (χ3v) is 5.68. The maximum absolute atomic E-state index is 11.5. The average molecular weight is 428 g/mol. The molecule has 7 heteroatoms. The van der Waals surface area contributed by atoms with Gasteiger partial charge in [-0.3, -0.25) is 0 Å². The molecule has 2 saturated heterocycles. The van der Waals surface area contributed by atoms with Crippen LogP contribution in [0.25, 0.3) is 0 Å². The van der Waals surface area contributed by atoms with Crippen LogP contribution in [0.5, 0.6) is 0 Å². The number of hydrogen-bond donors (Lipinski definition) is 1.